The maximum atomic E-state index is 11.5. The van der Waals surface area contributed by atoms with Crippen molar-refractivity contribution < 1.29 is 4.79 Å². The van der Waals surface area contributed by atoms with Gasteiger partial charge in [0.05, 0.1) is 12.2 Å². The van der Waals surface area contributed by atoms with Crippen LogP contribution in [0.5, 0.6) is 0 Å². The molecule has 0 aromatic carbocycles. The molecule has 2 fully saturated rings. The van der Waals surface area contributed by atoms with Crippen molar-refractivity contribution in [2.45, 2.75) is 50.9 Å². The lowest BCUT2D eigenvalue weighted by atomic mass is 9.87. The second kappa shape index (κ2) is 5.68. The number of nitrogens with zero attached hydrogens (tertiary/aromatic N) is 3. The van der Waals surface area contributed by atoms with E-state index < -0.39 is 0 Å². The van der Waals surface area contributed by atoms with E-state index in [1.54, 1.807) is 0 Å². The van der Waals surface area contributed by atoms with Crippen molar-refractivity contribution >= 4 is 11.6 Å². The Bertz CT molecular complexity index is 437. The fourth-order valence-electron chi connectivity index (χ4n) is 3.15. The number of carbonyl (C=O) groups is 1. The third kappa shape index (κ3) is 2.94. The van der Waals surface area contributed by atoms with Gasteiger partial charge in [-0.25, -0.2) is 0 Å². The molecule has 19 heavy (non-hydrogen) atoms. The Kier molecular flexibility index (Phi) is 3.76. The second-order valence-electron chi connectivity index (χ2n) is 5.72. The molecule has 0 unspecified atom stereocenters. The Hall–Kier alpha value is -1.45. The van der Waals surface area contributed by atoms with E-state index in [1.165, 1.54) is 32.1 Å². The number of anilines is 1. The molecule has 1 aromatic heterocycles. The van der Waals surface area contributed by atoms with Crippen LogP contribution in [-0.2, 0) is 4.79 Å². The molecule has 1 aliphatic heterocycles. The molecular formula is C15H21N3O. The van der Waals surface area contributed by atoms with Gasteiger partial charge in [0.15, 0.2) is 11.6 Å². The summed E-state index contributed by atoms with van der Waals surface area (Å²) in [6, 6.07) is 4.15. The van der Waals surface area contributed by atoms with E-state index in [-0.39, 0.29) is 0 Å². The van der Waals surface area contributed by atoms with Crippen molar-refractivity contribution in [1.82, 2.24) is 10.2 Å². The molecule has 3 rings (SSSR count). The summed E-state index contributed by atoms with van der Waals surface area (Å²) in [6.45, 7) is 1.42. The molecule has 0 bridgehead atoms. The summed E-state index contributed by atoms with van der Waals surface area (Å²) in [5.41, 5.74) is 1.13. The highest BCUT2D eigenvalue weighted by Gasteiger charge is 2.20. The van der Waals surface area contributed by atoms with Crippen molar-refractivity contribution in [3.63, 3.8) is 0 Å². The van der Waals surface area contributed by atoms with Crippen LogP contribution in [-0.4, -0.2) is 29.1 Å². The van der Waals surface area contributed by atoms with Crippen LogP contribution in [0.1, 0.15) is 56.6 Å². The van der Waals surface area contributed by atoms with Crippen LogP contribution in [0.4, 0.5) is 5.82 Å². The number of piperidine rings is 1. The van der Waals surface area contributed by atoms with Crippen LogP contribution in [0.3, 0.4) is 0 Å². The quantitative estimate of drug-likeness (QED) is 0.819. The number of Topliss-reactive ketones (excluding diaryl/α,β-unsaturated/α-hetero) is 1. The summed E-state index contributed by atoms with van der Waals surface area (Å²) in [4.78, 5) is 13.5. The second-order valence-corrected chi connectivity index (χ2v) is 5.72. The van der Waals surface area contributed by atoms with E-state index in [9.17, 15) is 4.79 Å². The Morgan fingerprint density at radius 2 is 1.89 bits per heavy atom. The molecule has 0 spiro atoms. The lowest BCUT2D eigenvalue weighted by molar-refractivity contribution is -0.118. The van der Waals surface area contributed by atoms with Gasteiger partial charge in [-0.05, 0) is 31.4 Å². The van der Waals surface area contributed by atoms with Crippen molar-refractivity contribution in [1.29, 1.82) is 0 Å². The Balaban J connectivity index is 1.69. The standard InChI is InChI=1S/C15H21N3O/c19-13-7-4-10-18(11-13)15-9-8-14(16-17-15)12-5-2-1-3-6-12/h8-9,12H,1-7,10-11H2. The van der Waals surface area contributed by atoms with E-state index in [2.05, 4.69) is 16.3 Å². The Labute approximate surface area is 114 Å². The molecule has 1 aromatic rings. The molecule has 1 saturated carbocycles. The molecule has 1 saturated heterocycles. The third-order valence-electron chi connectivity index (χ3n) is 4.27. The topological polar surface area (TPSA) is 46.1 Å². The number of ketones is 1. The predicted molar refractivity (Wildman–Crippen MR) is 74.3 cm³/mol. The van der Waals surface area contributed by atoms with Crippen molar-refractivity contribution in [2.75, 3.05) is 18.0 Å². The number of hydrogen-bond acceptors (Lipinski definition) is 4. The van der Waals surface area contributed by atoms with E-state index in [0.29, 0.717) is 24.7 Å². The van der Waals surface area contributed by atoms with Crippen LogP contribution in [0.15, 0.2) is 12.1 Å². The van der Waals surface area contributed by atoms with Gasteiger partial charge in [0, 0.05) is 18.9 Å². The highest BCUT2D eigenvalue weighted by molar-refractivity contribution is 5.84. The minimum Gasteiger partial charge on any atom is -0.348 e. The van der Waals surface area contributed by atoms with Crippen molar-refractivity contribution in [3.8, 4) is 0 Å². The largest absolute Gasteiger partial charge is 0.348 e. The Morgan fingerprint density at radius 3 is 2.58 bits per heavy atom. The molecule has 1 aliphatic carbocycles. The van der Waals surface area contributed by atoms with Crippen LogP contribution >= 0.6 is 0 Å². The summed E-state index contributed by atoms with van der Waals surface area (Å²) in [6.07, 6.45) is 8.13. The molecule has 0 amide bonds. The molecule has 4 nitrogen and oxygen atoms in total. The zero-order valence-electron chi connectivity index (χ0n) is 11.3. The van der Waals surface area contributed by atoms with Crippen LogP contribution in [0.25, 0.3) is 0 Å². The van der Waals surface area contributed by atoms with Crippen LogP contribution in [0.2, 0.25) is 0 Å². The smallest absolute Gasteiger partial charge is 0.152 e. The van der Waals surface area contributed by atoms with Crippen LogP contribution < -0.4 is 4.90 Å². The average molecular weight is 259 g/mol. The van der Waals surface area contributed by atoms with Gasteiger partial charge in [0.1, 0.15) is 0 Å². The van der Waals surface area contributed by atoms with Crippen molar-refractivity contribution in [2.24, 2.45) is 0 Å². The first kappa shape index (κ1) is 12.6. The fraction of sp³-hybridized carbons (Fsp3) is 0.667. The normalized spacial score (nSPS) is 21.7. The first-order chi connectivity index (χ1) is 9.33. The van der Waals surface area contributed by atoms with Gasteiger partial charge < -0.3 is 4.90 Å². The minimum atomic E-state index is 0.310. The zero-order chi connectivity index (χ0) is 13.1. The highest BCUT2D eigenvalue weighted by Crippen LogP contribution is 2.31. The average Bonchev–Trinajstić information content (AvgIpc) is 2.48. The van der Waals surface area contributed by atoms with Crippen molar-refractivity contribution in [3.05, 3.63) is 17.8 Å². The summed E-state index contributed by atoms with van der Waals surface area (Å²) in [5, 5.41) is 8.74. The van der Waals surface area contributed by atoms with Gasteiger partial charge in [-0.2, -0.15) is 5.10 Å². The first-order valence-corrected chi connectivity index (χ1v) is 7.43. The Morgan fingerprint density at radius 1 is 1.05 bits per heavy atom. The lowest BCUT2D eigenvalue weighted by Gasteiger charge is -2.27. The summed E-state index contributed by atoms with van der Waals surface area (Å²) in [5.74, 6) is 1.76. The van der Waals surface area contributed by atoms with E-state index in [1.807, 2.05) is 11.0 Å². The first-order valence-electron chi connectivity index (χ1n) is 7.43. The molecule has 0 atom stereocenters. The number of aromatic nitrogens is 2. The molecule has 2 heterocycles. The monoisotopic (exact) mass is 259 g/mol. The molecule has 0 N–H and O–H groups in total. The number of hydrogen-bond donors (Lipinski definition) is 0. The van der Waals surface area contributed by atoms with E-state index in [0.717, 1.165) is 24.5 Å². The molecule has 102 valence electrons. The van der Waals surface area contributed by atoms with E-state index >= 15 is 0 Å². The minimum absolute atomic E-state index is 0.310. The predicted octanol–water partition coefficient (Wildman–Crippen LogP) is 2.69. The van der Waals surface area contributed by atoms with Gasteiger partial charge in [-0.1, -0.05) is 19.3 Å². The molecule has 4 heteroatoms. The van der Waals surface area contributed by atoms with Crippen LogP contribution in [0, 0.1) is 0 Å². The maximum Gasteiger partial charge on any atom is 0.152 e. The van der Waals surface area contributed by atoms with Gasteiger partial charge in [-0.15, -0.1) is 5.10 Å². The van der Waals surface area contributed by atoms with Gasteiger partial charge >= 0.3 is 0 Å². The van der Waals surface area contributed by atoms with Gasteiger partial charge in [-0.3, -0.25) is 4.79 Å². The summed E-state index contributed by atoms with van der Waals surface area (Å²) < 4.78 is 0. The zero-order valence-corrected chi connectivity index (χ0v) is 11.3. The third-order valence-corrected chi connectivity index (χ3v) is 4.27. The lowest BCUT2D eigenvalue weighted by Crippen LogP contribution is -2.36. The van der Waals surface area contributed by atoms with E-state index in [4.69, 9.17) is 0 Å². The summed E-state index contributed by atoms with van der Waals surface area (Å²) >= 11 is 0. The molecule has 2 aliphatic rings. The van der Waals surface area contributed by atoms with Gasteiger partial charge in [0.25, 0.3) is 0 Å². The summed E-state index contributed by atoms with van der Waals surface area (Å²) in [7, 11) is 0. The fourth-order valence-corrected chi connectivity index (χ4v) is 3.15. The van der Waals surface area contributed by atoms with Gasteiger partial charge in [0.2, 0.25) is 0 Å². The maximum absolute atomic E-state index is 11.5. The number of carbonyl (C=O) groups excluding carboxylic acids is 1. The molecule has 0 radical (unpaired) electrons. The highest BCUT2D eigenvalue weighted by atomic mass is 16.1. The molecular weight excluding hydrogens is 238 g/mol. The number of rotatable bonds is 2. The SMILES string of the molecule is O=C1CCCN(c2ccc(C3CCCCC3)nn2)C1.